The van der Waals surface area contributed by atoms with Gasteiger partial charge in [0.1, 0.15) is 11.9 Å². The summed E-state index contributed by atoms with van der Waals surface area (Å²) in [4.78, 5) is 30.7. The highest BCUT2D eigenvalue weighted by atomic mass is 35.5. The first-order chi connectivity index (χ1) is 14.5. The topological polar surface area (TPSA) is 71.5 Å². The van der Waals surface area contributed by atoms with E-state index in [1.54, 1.807) is 35.4 Å². The molecular weight excluding hydrogens is 409 g/mol. The van der Waals surface area contributed by atoms with Crippen LogP contribution in [-0.4, -0.2) is 35.5 Å². The Morgan fingerprint density at radius 3 is 2.53 bits per heavy atom. The normalized spacial score (nSPS) is 24.0. The fourth-order valence-corrected chi connectivity index (χ4v) is 4.11. The van der Waals surface area contributed by atoms with Crippen molar-refractivity contribution in [2.24, 2.45) is 5.92 Å². The van der Waals surface area contributed by atoms with E-state index in [9.17, 15) is 14.0 Å². The molecule has 0 spiro atoms. The number of ether oxygens (including phenoxy) is 1. The molecule has 2 amide bonds. The van der Waals surface area contributed by atoms with Crippen LogP contribution >= 0.6 is 11.6 Å². The van der Waals surface area contributed by atoms with Crippen LogP contribution in [0.15, 0.2) is 42.6 Å². The molecule has 6 nitrogen and oxygen atoms in total. The minimum Gasteiger partial charge on any atom is -0.474 e. The second-order valence-corrected chi connectivity index (χ2v) is 8.23. The van der Waals surface area contributed by atoms with Gasteiger partial charge in [-0.3, -0.25) is 9.59 Å². The summed E-state index contributed by atoms with van der Waals surface area (Å²) in [6, 6.07) is 9.32. The maximum atomic E-state index is 13.1. The number of halogens is 2. The summed E-state index contributed by atoms with van der Waals surface area (Å²) in [5.74, 6) is -0.413. The lowest BCUT2D eigenvalue weighted by Gasteiger charge is -2.29. The fourth-order valence-electron chi connectivity index (χ4n) is 4.00. The lowest BCUT2D eigenvalue weighted by atomic mass is 9.92. The van der Waals surface area contributed by atoms with Crippen molar-refractivity contribution in [3.8, 4) is 5.88 Å². The van der Waals surface area contributed by atoms with Crippen LogP contribution in [0.4, 0.5) is 10.1 Å². The first-order valence-corrected chi connectivity index (χ1v) is 10.5. The first kappa shape index (κ1) is 20.6. The molecule has 1 saturated heterocycles. The summed E-state index contributed by atoms with van der Waals surface area (Å²) in [6.45, 7) is 0.316. The Kier molecular flexibility index (Phi) is 6.18. The molecule has 158 valence electrons. The van der Waals surface area contributed by atoms with E-state index in [2.05, 4.69) is 10.3 Å². The van der Waals surface area contributed by atoms with Crippen molar-refractivity contribution in [1.29, 1.82) is 0 Å². The average molecular weight is 432 g/mol. The van der Waals surface area contributed by atoms with Gasteiger partial charge in [-0.05, 0) is 56.0 Å². The zero-order chi connectivity index (χ0) is 21.1. The number of carbonyl (C=O) groups is 2. The summed E-state index contributed by atoms with van der Waals surface area (Å²) >= 11 is 5.84. The maximum absolute atomic E-state index is 13.1. The molecule has 2 fully saturated rings. The maximum Gasteiger partial charge on any atom is 0.227 e. The van der Waals surface area contributed by atoms with E-state index in [0.29, 0.717) is 23.1 Å². The van der Waals surface area contributed by atoms with E-state index in [4.69, 9.17) is 16.3 Å². The van der Waals surface area contributed by atoms with Crippen LogP contribution in [0.25, 0.3) is 0 Å². The number of hydrogen-bond donors (Lipinski definition) is 1. The van der Waals surface area contributed by atoms with Gasteiger partial charge in [-0.25, -0.2) is 9.37 Å². The Morgan fingerprint density at radius 2 is 1.87 bits per heavy atom. The molecule has 1 saturated carbocycles. The van der Waals surface area contributed by atoms with E-state index in [0.717, 1.165) is 25.7 Å². The zero-order valence-corrected chi connectivity index (χ0v) is 17.1. The number of nitrogens with one attached hydrogen (secondary N) is 1. The number of hydrogen-bond acceptors (Lipinski definition) is 4. The van der Waals surface area contributed by atoms with Gasteiger partial charge >= 0.3 is 0 Å². The van der Waals surface area contributed by atoms with Gasteiger partial charge in [0.05, 0.1) is 10.9 Å². The Hall–Kier alpha value is -2.67. The fraction of sp³-hybridized carbons (Fsp3) is 0.409. The number of rotatable bonds is 5. The summed E-state index contributed by atoms with van der Waals surface area (Å²) in [6.07, 6.45) is 5.05. The van der Waals surface area contributed by atoms with Gasteiger partial charge in [-0.1, -0.05) is 11.6 Å². The van der Waals surface area contributed by atoms with E-state index in [1.165, 1.54) is 12.1 Å². The van der Waals surface area contributed by atoms with Crippen molar-refractivity contribution in [3.63, 3.8) is 0 Å². The smallest absolute Gasteiger partial charge is 0.227 e. The molecule has 8 heteroatoms. The predicted molar refractivity (Wildman–Crippen MR) is 111 cm³/mol. The van der Waals surface area contributed by atoms with Gasteiger partial charge in [-0.15, -0.1) is 0 Å². The Morgan fingerprint density at radius 1 is 1.13 bits per heavy atom. The molecule has 2 aliphatic rings. The number of benzene rings is 1. The number of carbonyl (C=O) groups excluding carboxylic acids is 2. The van der Waals surface area contributed by atoms with Crippen LogP contribution in [0.2, 0.25) is 5.02 Å². The molecule has 2 heterocycles. The predicted octanol–water partition coefficient (Wildman–Crippen LogP) is 3.73. The third-order valence-electron chi connectivity index (χ3n) is 5.64. The van der Waals surface area contributed by atoms with Gasteiger partial charge in [0.15, 0.2) is 0 Å². The SMILES string of the molecule is O=C(NC1CCC(Oc2ccc(Cl)cn2)CC1)C1CC(=O)N(c2ccc(F)cc2)C1. The van der Waals surface area contributed by atoms with Gasteiger partial charge in [0.2, 0.25) is 17.7 Å². The first-order valence-electron chi connectivity index (χ1n) is 10.1. The lowest BCUT2D eigenvalue weighted by molar-refractivity contribution is -0.127. The molecule has 1 aromatic heterocycles. The molecule has 1 aliphatic carbocycles. The van der Waals surface area contributed by atoms with Crippen molar-refractivity contribution in [2.45, 2.75) is 44.2 Å². The van der Waals surface area contributed by atoms with Crippen molar-refractivity contribution >= 4 is 29.1 Å². The monoisotopic (exact) mass is 431 g/mol. The minimum absolute atomic E-state index is 0.0638. The van der Waals surface area contributed by atoms with Crippen LogP contribution in [0.1, 0.15) is 32.1 Å². The summed E-state index contributed by atoms with van der Waals surface area (Å²) < 4.78 is 19.0. The van der Waals surface area contributed by atoms with E-state index in [1.807, 2.05) is 0 Å². The van der Waals surface area contributed by atoms with Crippen LogP contribution in [0.3, 0.4) is 0 Å². The van der Waals surface area contributed by atoms with Gasteiger partial charge in [-0.2, -0.15) is 0 Å². The molecule has 2 aromatic rings. The Labute approximate surface area is 179 Å². The van der Waals surface area contributed by atoms with Gasteiger partial charge in [0, 0.05) is 37.0 Å². The lowest BCUT2D eigenvalue weighted by Crippen LogP contribution is -2.43. The Balaban J connectivity index is 1.25. The standard InChI is InChI=1S/C22H23ClFN3O3/c23-15-1-10-20(25-12-15)30-19-8-4-17(5-9-19)26-22(29)14-11-21(28)27(13-14)18-6-2-16(24)3-7-18/h1-3,6-7,10,12,14,17,19H,4-5,8-9,11,13H2,(H,26,29). The third kappa shape index (κ3) is 4.90. The number of anilines is 1. The molecule has 0 radical (unpaired) electrons. The highest BCUT2D eigenvalue weighted by Gasteiger charge is 2.36. The van der Waals surface area contributed by atoms with Crippen LogP contribution in [-0.2, 0) is 9.59 Å². The number of aromatic nitrogens is 1. The number of nitrogens with zero attached hydrogens (tertiary/aromatic N) is 2. The number of amides is 2. The highest BCUT2D eigenvalue weighted by Crippen LogP contribution is 2.27. The molecule has 1 N–H and O–H groups in total. The summed E-state index contributed by atoms with van der Waals surface area (Å²) in [5, 5.41) is 3.65. The summed E-state index contributed by atoms with van der Waals surface area (Å²) in [7, 11) is 0. The molecule has 1 atom stereocenters. The molecular formula is C22H23ClFN3O3. The molecule has 0 bridgehead atoms. The van der Waals surface area contributed by atoms with Gasteiger partial charge in [0.25, 0.3) is 0 Å². The van der Waals surface area contributed by atoms with Crippen LogP contribution in [0, 0.1) is 11.7 Å². The van der Waals surface area contributed by atoms with Crippen molar-refractivity contribution in [1.82, 2.24) is 10.3 Å². The molecule has 1 unspecified atom stereocenters. The summed E-state index contributed by atoms with van der Waals surface area (Å²) in [5.41, 5.74) is 0.616. The quantitative estimate of drug-likeness (QED) is 0.783. The second kappa shape index (κ2) is 9.00. The Bertz CT molecular complexity index is 899. The third-order valence-corrected chi connectivity index (χ3v) is 5.87. The van der Waals surface area contributed by atoms with Crippen molar-refractivity contribution in [2.75, 3.05) is 11.4 Å². The molecule has 1 aromatic carbocycles. The van der Waals surface area contributed by atoms with E-state index >= 15 is 0 Å². The molecule has 30 heavy (non-hydrogen) atoms. The van der Waals surface area contributed by atoms with Crippen molar-refractivity contribution < 1.29 is 18.7 Å². The van der Waals surface area contributed by atoms with Gasteiger partial charge < -0.3 is 15.0 Å². The number of pyridine rings is 1. The highest BCUT2D eigenvalue weighted by molar-refractivity contribution is 6.30. The average Bonchev–Trinajstić information content (AvgIpc) is 3.13. The van der Waals surface area contributed by atoms with Crippen LogP contribution < -0.4 is 15.0 Å². The largest absolute Gasteiger partial charge is 0.474 e. The second-order valence-electron chi connectivity index (χ2n) is 7.80. The van der Waals surface area contributed by atoms with Crippen molar-refractivity contribution in [3.05, 3.63) is 53.4 Å². The van der Waals surface area contributed by atoms with Crippen LogP contribution in [0.5, 0.6) is 5.88 Å². The zero-order valence-electron chi connectivity index (χ0n) is 16.4. The van der Waals surface area contributed by atoms with E-state index < -0.39 is 5.92 Å². The molecule has 1 aliphatic heterocycles. The molecule has 4 rings (SSSR count). The van der Waals surface area contributed by atoms with E-state index in [-0.39, 0.29) is 36.2 Å². The minimum atomic E-state index is -0.394.